The first kappa shape index (κ1) is 11.0. The first-order valence-corrected chi connectivity index (χ1v) is 2.96. The third kappa shape index (κ3) is 19.3. The maximum absolute atomic E-state index is 6.80. The summed E-state index contributed by atoms with van der Waals surface area (Å²) in [7, 11) is 0. The Morgan fingerprint density at radius 1 is 1.56 bits per heavy atom. The molecule has 0 saturated carbocycles. The second kappa shape index (κ2) is 10.1. The van der Waals surface area contributed by atoms with Crippen LogP contribution in [0.25, 0.3) is 0 Å². The lowest BCUT2D eigenvalue weighted by atomic mass is 10.5. The third-order valence-corrected chi connectivity index (χ3v) is 0.374. The average molecular weight is 126 g/mol. The Morgan fingerprint density at radius 3 is 2.11 bits per heavy atom. The van der Waals surface area contributed by atoms with Crippen molar-refractivity contribution in [2.24, 2.45) is 4.99 Å². The molecule has 0 fully saturated rings. The predicted molar refractivity (Wildman–Crippen MR) is 43.4 cm³/mol. The molecule has 0 saturated heterocycles. The van der Waals surface area contributed by atoms with Gasteiger partial charge in [-0.15, -0.1) is 0 Å². The van der Waals surface area contributed by atoms with Gasteiger partial charge in [-0.05, 0) is 6.92 Å². The topological polar surface area (TPSA) is 36.2 Å². The molecule has 9 heavy (non-hydrogen) atoms. The fraction of sp³-hybridized carbons (Fsp3) is 0.429. The molecule has 0 heterocycles. The monoisotopic (exact) mass is 126 g/mol. The lowest BCUT2D eigenvalue weighted by molar-refractivity contribution is 1.50. The van der Waals surface area contributed by atoms with Gasteiger partial charge in [-0.1, -0.05) is 20.4 Å². The highest BCUT2D eigenvalue weighted by molar-refractivity contribution is 6.27. The van der Waals surface area contributed by atoms with E-state index in [1.54, 1.807) is 6.92 Å². The van der Waals surface area contributed by atoms with E-state index in [1.165, 1.54) is 12.4 Å². The Balaban J connectivity index is 0. The SMILES string of the molecule is C=CN=CC(C)=N.CC. The molecule has 0 aromatic heterocycles. The van der Waals surface area contributed by atoms with Crippen molar-refractivity contribution in [3.8, 4) is 0 Å². The highest BCUT2D eigenvalue weighted by atomic mass is 14.7. The minimum atomic E-state index is 0.444. The average Bonchev–Trinajstić information content (AvgIpc) is 1.88. The normalized spacial score (nSPS) is 7.89. The highest BCUT2D eigenvalue weighted by Crippen LogP contribution is 1.65. The van der Waals surface area contributed by atoms with Crippen LogP contribution in [0.15, 0.2) is 17.8 Å². The second-order valence-electron chi connectivity index (χ2n) is 1.14. The van der Waals surface area contributed by atoms with Crippen LogP contribution >= 0.6 is 0 Å². The Morgan fingerprint density at radius 2 is 2.00 bits per heavy atom. The van der Waals surface area contributed by atoms with E-state index in [-0.39, 0.29) is 0 Å². The van der Waals surface area contributed by atoms with Crippen LogP contribution in [-0.2, 0) is 0 Å². The first-order chi connectivity index (χ1) is 4.27. The lowest BCUT2D eigenvalue weighted by Gasteiger charge is -1.74. The fourth-order valence-corrected chi connectivity index (χ4v) is 0.165. The molecular weight excluding hydrogens is 112 g/mol. The maximum atomic E-state index is 6.80. The van der Waals surface area contributed by atoms with Gasteiger partial charge in [-0.25, -0.2) is 0 Å². The van der Waals surface area contributed by atoms with E-state index in [0.29, 0.717) is 5.71 Å². The van der Waals surface area contributed by atoms with E-state index in [9.17, 15) is 0 Å². The Kier molecular flexibility index (Phi) is 12.3. The molecule has 0 radical (unpaired) electrons. The van der Waals surface area contributed by atoms with Gasteiger partial charge in [0.1, 0.15) is 0 Å². The summed E-state index contributed by atoms with van der Waals surface area (Å²) in [6, 6.07) is 0. The van der Waals surface area contributed by atoms with Crippen LogP contribution in [0.2, 0.25) is 0 Å². The maximum Gasteiger partial charge on any atom is 0.0472 e. The molecule has 2 heteroatoms. The van der Waals surface area contributed by atoms with E-state index in [4.69, 9.17) is 5.41 Å². The standard InChI is InChI=1S/C5H8N2.C2H6/c1-3-7-4-5(2)6;1-2/h3-4,6H,1H2,2H3;1-2H3. The summed E-state index contributed by atoms with van der Waals surface area (Å²) >= 11 is 0. The van der Waals surface area contributed by atoms with Crippen molar-refractivity contribution in [2.45, 2.75) is 20.8 Å². The minimum Gasteiger partial charge on any atom is -0.304 e. The summed E-state index contributed by atoms with van der Waals surface area (Å²) < 4.78 is 0. The molecule has 0 amide bonds. The van der Waals surface area contributed by atoms with Crippen LogP contribution in [0.1, 0.15) is 20.8 Å². The van der Waals surface area contributed by atoms with Crippen molar-refractivity contribution >= 4 is 11.9 Å². The van der Waals surface area contributed by atoms with Crippen LogP contribution in [-0.4, -0.2) is 11.9 Å². The van der Waals surface area contributed by atoms with Gasteiger partial charge in [0.15, 0.2) is 0 Å². The Labute approximate surface area is 56.8 Å². The van der Waals surface area contributed by atoms with E-state index in [2.05, 4.69) is 11.6 Å². The molecule has 0 aliphatic rings. The minimum absolute atomic E-state index is 0.444. The number of hydrogen-bond acceptors (Lipinski definition) is 2. The van der Waals surface area contributed by atoms with Gasteiger partial charge in [0.05, 0.1) is 0 Å². The molecule has 52 valence electrons. The van der Waals surface area contributed by atoms with Gasteiger partial charge >= 0.3 is 0 Å². The van der Waals surface area contributed by atoms with Crippen LogP contribution in [0, 0.1) is 5.41 Å². The summed E-state index contributed by atoms with van der Waals surface area (Å²) in [6.07, 6.45) is 2.84. The van der Waals surface area contributed by atoms with Gasteiger partial charge in [0.25, 0.3) is 0 Å². The van der Waals surface area contributed by atoms with Crippen molar-refractivity contribution in [1.29, 1.82) is 5.41 Å². The lowest BCUT2D eigenvalue weighted by Crippen LogP contribution is -1.85. The zero-order chi connectivity index (χ0) is 7.70. The van der Waals surface area contributed by atoms with Gasteiger partial charge in [0.2, 0.25) is 0 Å². The van der Waals surface area contributed by atoms with E-state index in [0.717, 1.165) is 0 Å². The van der Waals surface area contributed by atoms with Gasteiger partial charge in [-0.3, -0.25) is 4.99 Å². The molecule has 0 aliphatic carbocycles. The number of hydrogen-bond donors (Lipinski definition) is 1. The largest absolute Gasteiger partial charge is 0.304 e. The van der Waals surface area contributed by atoms with Crippen molar-refractivity contribution < 1.29 is 0 Å². The van der Waals surface area contributed by atoms with Gasteiger partial charge < -0.3 is 5.41 Å². The zero-order valence-electron chi connectivity index (χ0n) is 6.31. The molecule has 0 spiro atoms. The molecule has 0 unspecified atom stereocenters. The van der Waals surface area contributed by atoms with Gasteiger partial charge in [-0.2, -0.15) is 0 Å². The van der Waals surface area contributed by atoms with Crippen LogP contribution < -0.4 is 0 Å². The molecule has 0 aromatic carbocycles. The van der Waals surface area contributed by atoms with Crippen molar-refractivity contribution in [3.05, 3.63) is 12.8 Å². The number of nitrogens with one attached hydrogen (secondary N) is 1. The predicted octanol–water partition coefficient (Wildman–Crippen LogP) is 2.27. The van der Waals surface area contributed by atoms with Gasteiger partial charge in [0, 0.05) is 18.1 Å². The quantitative estimate of drug-likeness (QED) is 0.551. The summed E-state index contributed by atoms with van der Waals surface area (Å²) in [5.74, 6) is 0. The molecule has 0 aliphatic heterocycles. The molecule has 0 rings (SSSR count). The summed E-state index contributed by atoms with van der Waals surface area (Å²) in [4.78, 5) is 3.59. The van der Waals surface area contributed by atoms with Crippen LogP contribution in [0.3, 0.4) is 0 Å². The first-order valence-electron chi connectivity index (χ1n) is 2.96. The van der Waals surface area contributed by atoms with E-state index >= 15 is 0 Å². The zero-order valence-corrected chi connectivity index (χ0v) is 6.31. The van der Waals surface area contributed by atoms with Crippen LogP contribution in [0.4, 0.5) is 0 Å². The number of aliphatic imine (C=N–C) groups is 1. The van der Waals surface area contributed by atoms with E-state index < -0.39 is 0 Å². The molecule has 1 N–H and O–H groups in total. The molecule has 0 bridgehead atoms. The van der Waals surface area contributed by atoms with Crippen molar-refractivity contribution in [3.63, 3.8) is 0 Å². The molecule has 0 aromatic rings. The molecule has 0 atom stereocenters. The summed E-state index contributed by atoms with van der Waals surface area (Å²) in [5.41, 5.74) is 0.444. The van der Waals surface area contributed by atoms with Crippen molar-refractivity contribution in [2.75, 3.05) is 0 Å². The van der Waals surface area contributed by atoms with E-state index in [1.807, 2.05) is 13.8 Å². The van der Waals surface area contributed by atoms with Crippen molar-refractivity contribution in [1.82, 2.24) is 0 Å². The number of rotatable bonds is 2. The summed E-state index contributed by atoms with van der Waals surface area (Å²) in [5, 5.41) is 6.80. The van der Waals surface area contributed by atoms with Crippen LogP contribution in [0.5, 0.6) is 0 Å². The molecular formula is C7H14N2. The smallest absolute Gasteiger partial charge is 0.0472 e. The number of nitrogens with zero attached hydrogens (tertiary/aromatic N) is 1. The Bertz CT molecular complexity index is 103. The molecule has 2 nitrogen and oxygen atoms in total. The summed E-state index contributed by atoms with van der Waals surface area (Å²) in [6.45, 7) is 9.00. The highest BCUT2D eigenvalue weighted by Gasteiger charge is 1.69. The second-order valence-corrected chi connectivity index (χ2v) is 1.14. The third-order valence-electron chi connectivity index (χ3n) is 0.374. The Hall–Kier alpha value is -0.920. The fourth-order valence-electron chi connectivity index (χ4n) is 0.165.